The molecular weight excluding hydrogens is 222 g/mol. The van der Waals surface area contributed by atoms with Crippen molar-refractivity contribution in [2.24, 2.45) is 0 Å². The highest BCUT2D eigenvalue weighted by atomic mass is 32.2. The molecule has 0 amide bonds. The van der Waals surface area contributed by atoms with Crippen molar-refractivity contribution >= 4 is 9.84 Å². The summed E-state index contributed by atoms with van der Waals surface area (Å²) in [6, 6.07) is 0.0620. The first-order valence-corrected chi connectivity index (χ1v) is 7.97. The van der Waals surface area contributed by atoms with Crippen molar-refractivity contribution in [1.29, 1.82) is 0 Å². The molecule has 1 rings (SSSR count). The zero-order valence-corrected chi connectivity index (χ0v) is 11.1. The summed E-state index contributed by atoms with van der Waals surface area (Å²) in [5.41, 5.74) is 1.53. The Hall–Kier alpha value is -0.350. The maximum Gasteiger partial charge on any atom is 0.151 e. The maximum absolute atomic E-state index is 11.4. The Morgan fingerprint density at radius 2 is 2.25 bits per heavy atom. The number of hydrogen-bond acceptors (Lipinski definition) is 3. The molecule has 4 heteroatoms. The van der Waals surface area contributed by atoms with Gasteiger partial charge in [-0.1, -0.05) is 18.6 Å². The van der Waals surface area contributed by atoms with Gasteiger partial charge in [0.25, 0.3) is 0 Å². The summed E-state index contributed by atoms with van der Waals surface area (Å²) in [4.78, 5) is 0. The zero-order chi connectivity index (χ0) is 12.0. The van der Waals surface area contributed by atoms with Crippen LogP contribution in [0.5, 0.6) is 0 Å². The molecule has 1 aliphatic carbocycles. The molecule has 1 unspecified atom stereocenters. The molecule has 0 radical (unpaired) electrons. The van der Waals surface area contributed by atoms with Gasteiger partial charge in [-0.2, -0.15) is 0 Å². The minimum Gasteiger partial charge on any atom is -0.313 e. The minimum absolute atomic E-state index is 0.0620. The average Bonchev–Trinajstić information content (AvgIpc) is 2.70. The van der Waals surface area contributed by atoms with Crippen molar-refractivity contribution in [2.75, 3.05) is 18.1 Å². The van der Waals surface area contributed by atoms with Crippen LogP contribution < -0.4 is 5.32 Å². The lowest BCUT2D eigenvalue weighted by atomic mass is 10.1. The molecule has 0 aromatic carbocycles. The predicted octanol–water partition coefficient (Wildman–Crippen LogP) is 1.90. The second kappa shape index (κ2) is 6.40. The van der Waals surface area contributed by atoms with Gasteiger partial charge in [-0.25, -0.2) is 8.42 Å². The van der Waals surface area contributed by atoms with Crippen LogP contribution in [0.15, 0.2) is 11.6 Å². The lowest BCUT2D eigenvalue weighted by molar-refractivity contribution is 0.557. The SMILES string of the molecule is CCS(=O)(=O)CC(C)NCCC1=CCCC1. The Morgan fingerprint density at radius 3 is 2.81 bits per heavy atom. The number of sulfone groups is 1. The quantitative estimate of drug-likeness (QED) is 0.697. The highest BCUT2D eigenvalue weighted by Crippen LogP contribution is 2.19. The van der Waals surface area contributed by atoms with Crippen LogP contribution in [-0.4, -0.2) is 32.5 Å². The third-order valence-electron chi connectivity index (χ3n) is 3.02. The Bertz CT molecular complexity index is 333. The monoisotopic (exact) mass is 245 g/mol. The molecule has 0 fully saturated rings. The van der Waals surface area contributed by atoms with E-state index in [1.165, 1.54) is 24.8 Å². The Kier molecular flexibility index (Phi) is 5.49. The molecule has 0 saturated heterocycles. The van der Waals surface area contributed by atoms with E-state index in [1.54, 1.807) is 6.92 Å². The van der Waals surface area contributed by atoms with Gasteiger partial charge in [0, 0.05) is 11.8 Å². The van der Waals surface area contributed by atoms with Crippen LogP contribution in [-0.2, 0) is 9.84 Å². The van der Waals surface area contributed by atoms with Crippen molar-refractivity contribution in [3.8, 4) is 0 Å². The van der Waals surface area contributed by atoms with Crippen LogP contribution in [0.25, 0.3) is 0 Å². The molecule has 0 aliphatic heterocycles. The predicted molar refractivity (Wildman–Crippen MR) is 68.3 cm³/mol. The lowest BCUT2D eigenvalue weighted by Crippen LogP contribution is -2.34. The van der Waals surface area contributed by atoms with Crippen molar-refractivity contribution in [3.63, 3.8) is 0 Å². The third kappa shape index (κ3) is 5.12. The summed E-state index contributed by atoms with van der Waals surface area (Å²) in [6.07, 6.45) is 7.11. The smallest absolute Gasteiger partial charge is 0.151 e. The first kappa shape index (κ1) is 13.7. The number of hydrogen-bond donors (Lipinski definition) is 1. The fraction of sp³-hybridized carbons (Fsp3) is 0.833. The summed E-state index contributed by atoms with van der Waals surface area (Å²) in [5, 5.41) is 3.28. The molecule has 1 N–H and O–H groups in total. The molecule has 94 valence electrons. The summed E-state index contributed by atoms with van der Waals surface area (Å²) in [5.74, 6) is 0.493. The topological polar surface area (TPSA) is 46.2 Å². The van der Waals surface area contributed by atoms with Crippen LogP contribution in [0.1, 0.15) is 39.5 Å². The van der Waals surface area contributed by atoms with Crippen molar-refractivity contribution < 1.29 is 8.42 Å². The van der Waals surface area contributed by atoms with Gasteiger partial charge >= 0.3 is 0 Å². The van der Waals surface area contributed by atoms with Crippen LogP contribution in [0.3, 0.4) is 0 Å². The second-order valence-electron chi connectivity index (χ2n) is 4.56. The standard InChI is InChI=1S/C12H23NO2S/c1-3-16(14,15)10-11(2)13-9-8-12-6-4-5-7-12/h6,11,13H,3-5,7-10H2,1-2H3. The molecule has 0 saturated carbocycles. The molecule has 0 aromatic rings. The van der Waals surface area contributed by atoms with E-state index < -0.39 is 9.84 Å². The van der Waals surface area contributed by atoms with E-state index in [-0.39, 0.29) is 17.5 Å². The zero-order valence-electron chi connectivity index (χ0n) is 10.3. The average molecular weight is 245 g/mol. The van der Waals surface area contributed by atoms with Gasteiger partial charge in [0.2, 0.25) is 0 Å². The molecular formula is C12H23NO2S. The van der Waals surface area contributed by atoms with E-state index in [0.29, 0.717) is 0 Å². The Balaban J connectivity index is 2.17. The van der Waals surface area contributed by atoms with Gasteiger partial charge < -0.3 is 5.32 Å². The van der Waals surface area contributed by atoms with Gasteiger partial charge in [-0.05, 0) is 39.2 Å². The fourth-order valence-electron chi connectivity index (χ4n) is 2.00. The summed E-state index contributed by atoms with van der Waals surface area (Å²) in [6.45, 7) is 4.54. The molecule has 3 nitrogen and oxygen atoms in total. The van der Waals surface area contributed by atoms with Gasteiger partial charge in [-0.3, -0.25) is 0 Å². The highest BCUT2D eigenvalue weighted by molar-refractivity contribution is 7.91. The van der Waals surface area contributed by atoms with E-state index in [4.69, 9.17) is 0 Å². The summed E-state index contributed by atoms with van der Waals surface area (Å²) in [7, 11) is -2.85. The van der Waals surface area contributed by atoms with E-state index in [9.17, 15) is 8.42 Å². The van der Waals surface area contributed by atoms with Gasteiger partial charge in [0.1, 0.15) is 0 Å². The van der Waals surface area contributed by atoms with E-state index >= 15 is 0 Å². The lowest BCUT2D eigenvalue weighted by Gasteiger charge is -2.13. The van der Waals surface area contributed by atoms with E-state index in [1.807, 2.05) is 6.92 Å². The van der Waals surface area contributed by atoms with Gasteiger partial charge in [0.05, 0.1) is 5.75 Å². The molecule has 1 aliphatic rings. The van der Waals surface area contributed by atoms with Crippen molar-refractivity contribution in [2.45, 2.75) is 45.6 Å². The van der Waals surface area contributed by atoms with Crippen molar-refractivity contribution in [1.82, 2.24) is 5.32 Å². The molecule has 1 atom stereocenters. The number of nitrogens with one attached hydrogen (secondary N) is 1. The van der Waals surface area contributed by atoms with Crippen LogP contribution in [0.2, 0.25) is 0 Å². The van der Waals surface area contributed by atoms with Gasteiger partial charge in [-0.15, -0.1) is 0 Å². The summed E-state index contributed by atoms with van der Waals surface area (Å²) < 4.78 is 22.8. The van der Waals surface area contributed by atoms with Gasteiger partial charge in [0.15, 0.2) is 9.84 Å². The fourth-order valence-corrected chi connectivity index (χ4v) is 3.12. The first-order chi connectivity index (χ1) is 7.53. The minimum atomic E-state index is -2.85. The maximum atomic E-state index is 11.4. The van der Waals surface area contributed by atoms with E-state index in [0.717, 1.165) is 13.0 Å². The second-order valence-corrected chi connectivity index (χ2v) is 6.96. The van der Waals surface area contributed by atoms with Crippen molar-refractivity contribution in [3.05, 3.63) is 11.6 Å². The number of allylic oxidation sites excluding steroid dienone is 1. The largest absolute Gasteiger partial charge is 0.313 e. The van der Waals surface area contributed by atoms with E-state index in [2.05, 4.69) is 11.4 Å². The molecule has 0 aromatic heterocycles. The first-order valence-electron chi connectivity index (χ1n) is 6.15. The number of rotatable bonds is 7. The molecule has 0 spiro atoms. The Morgan fingerprint density at radius 1 is 1.50 bits per heavy atom. The summed E-state index contributed by atoms with van der Waals surface area (Å²) >= 11 is 0. The van der Waals surface area contributed by atoms with Crippen LogP contribution in [0.4, 0.5) is 0 Å². The van der Waals surface area contributed by atoms with Crippen LogP contribution >= 0.6 is 0 Å². The highest BCUT2D eigenvalue weighted by Gasteiger charge is 2.13. The normalized spacial score (nSPS) is 18.5. The van der Waals surface area contributed by atoms with Crippen LogP contribution in [0, 0.1) is 0 Å². The Labute approximate surface area is 99.2 Å². The molecule has 16 heavy (non-hydrogen) atoms. The molecule has 0 bridgehead atoms. The molecule has 0 heterocycles. The third-order valence-corrected chi connectivity index (χ3v) is 4.91.